The highest BCUT2D eigenvalue weighted by atomic mass is 32.1. The minimum absolute atomic E-state index is 0.142. The molecule has 44 heavy (non-hydrogen) atoms. The number of benzene rings is 1. The van der Waals surface area contributed by atoms with Gasteiger partial charge in [0, 0.05) is 62.8 Å². The Balaban J connectivity index is 1.35. The van der Waals surface area contributed by atoms with Crippen LogP contribution in [0.2, 0.25) is 0 Å². The van der Waals surface area contributed by atoms with Crippen molar-refractivity contribution in [1.29, 1.82) is 0 Å². The smallest absolute Gasteiger partial charge is 0.412 e. The molecule has 0 unspecified atom stereocenters. The van der Waals surface area contributed by atoms with Crippen LogP contribution in [0, 0.1) is 0 Å². The molecule has 236 valence electrons. The number of hydrogen-bond acceptors (Lipinski definition) is 8. The molecule has 0 radical (unpaired) electrons. The molecule has 0 aliphatic carbocycles. The number of nitrogens with zero attached hydrogens (tertiary/aromatic N) is 4. The summed E-state index contributed by atoms with van der Waals surface area (Å²) in [7, 11) is 2.14. The normalized spacial score (nSPS) is 14.1. The van der Waals surface area contributed by atoms with Crippen LogP contribution in [-0.2, 0) is 17.8 Å². The molecule has 3 heterocycles. The highest BCUT2D eigenvalue weighted by Gasteiger charge is 2.20. The largest absolute Gasteiger partial charge is 0.444 e. The lowest BCUT2D eigenvalue weighted by atomic mass is 10.2. The third kappa shape index (κ3) is 10.6. The molecule has 0 spiro atoms. The standard InChI is InChI=1S/C32H43N7O4S/c1-32(2,3)43-31(42)36-28-23-44-22-27(28)35-29(40)26-12-11-25(20-33-26)21-39(14-8-13-38-17-15-37(4)16-18-38)30(41)34-19-24-9-6-5-7-10-24/h5-7,9-12,20,22-23H,8,13-19,21H2,1-4H3,(H,34,41)(H,35,40)(H,36,42). The summed E-state index contributed by atoms with van der Waals surface area (Å²) in [6, 6.07) is 13.1. The molecule has 1 saturated heterocycles. The van der Waals surface area contributed by atoms with E-state index in [0.717, 1.165) is 50.3 Å². The van der Waals surface area contributed by atoms with Crippen molar-refractivity contribution in [3.8, 4) is 0 Å². The van der Waals surface area contributed by atoms with Crippen molar-refractivity contribution in [2.45, 2.75) is 45.9 Å². The number of nitrogens with one attached hydrogen (secondary N) is 3. The second-order valence-electron chi connectivity index (χ2n) is 11.9. The van der Waals surface area contributed by atoms with Crippen LogP contribution < -0.4 is 16.0 Å². The lowest BCUT2D eigenvalue weighted by Crippen LogP contribution is -2.45. The minimum atomic E-state index is -0.641. The van der Waals surface area contributed by atoms with Crippen molar-refractivity contribution in [2.75, 3.05) is 56.9 Å². The van der Waals surface area contributed by atoms with Gasteiger partial charge in [-0.15, -0.1) is 11.3 Å². The Labute approximate surface area is 263 Å². The highest BCUT2D eigenvalue weighted by Crippen LogP contribution is 2.27. The number of pyridine rings is 1. The number of thiophene rings is 1. The molecule has 1 aromatic carbocycles. The van der Waals surface area contributed by atoms with Gasteiger partial charge in [-0.2, -0.15) is 0 Å². The molecule has 1 aliphatic rings. The summed E-state index contributed by atoms with van der Waals surface area (Å²) < 4.78 is 5.31. The molecule has 4 amide bonds. The fraction of sp³-hybridized carbons (Fsp3) is 0.438. The van der Waals surface area contributed by atoms with Crippen LogP contribution in [0.1, 0.15) is 48.8 Å². The van der Waals surface area contributed by atoms with E-state index in [-0.39, 0.29) is 11.7 Å². The molecule has 3 N–H and O–H groups in total. The van der Waals surface area contributed by atoms with E-state index in [2.05, 4.69) is 37.8 Å². The average molecular weight is 622 g/mol. The first-order chi connectivity index (χ1) is 21.1. The molecular formula is C32H43N7O4S. The molecule has 1 aliphatic heterocycles. The molecule has 1 fully saturated rings. The molecule has 0 atom stereocenters. The van der Waals surface area contributed by atoms with E-state index in [0.29, 0.717) is 31.0 Å². The van der Waals surface area contributed by atoms with Crippen LogP contribution in [0.25, 0.3) is 0 Å². The van der Waals surface area contributed by atoms with E-state index in [9.17, 15) is 14.4 Å². The average Bonchev–Trinajstić information content (AvgIpc) is 3.42. The number of urea groups is 1. The predicted octanol–water partition coefficient (Wildman–Crippen LogP) is 5.09. The molecule has 4 rings (SSSR count). The van der Waals surface area contributed by atoms with Crippen molar-refractivity contribution in [2.24, 2.45) is 0 Å². The second kappa shape index (κ2) is 15.6. The van der Waals surface area contributed by atoms with Gasteiger partial charge in [0.05, 0.1) is 11.4 Å². The maximum absolute atomic E-state index is 13.3. The van der Waals surface area contributed by atoms with Gasteiger partial charge in [-0.25, -0.2) is 9.59 Å². The third-order valence-electron chi connectivity index (χ3n) is 7.05. The van der Waals surface area contributed by atoms with E-state index in [1.54, 1.807) is 48.7 Å². The van der Waals surface area contributed by atoms with Crippen molar-refractivity contribution in [3.05, 3.63) is 76.2 Å². The van der Waals surface area contributed by atoms with Crippen molar-refractivity contribution in [1.82, 2.24) is 25.0 Å². The fourth-order valence-corrected chi connectivity index (χ4v) is 5.37. The maximum Gasteiger partial charge on any atom is 0.412 e. The van der Waals surface area contributed by atoms with Crippen molar-refractivity contribution < 1.29 is 19.1 Å². The van der Waals surface area contributed by atoms with E-state index in [4.69, 9.17) is 4.74 Å². The van der Waals surface area contributed by atoms with Gasteiger partial charge in [-0.3, -0.25) is 15.1 Å². The number of carbonyl (C=O) groups excluding carboxylic acids is 3. The molecule has 0 bridgehead atoms. The maximum atomic E-state index is 13.3. The van der Waals surface area contributed by atoms with E-state index in [1.165, 1.54) is 11.3 Å². The summed E-state index contributed by atoms with van der Waals surface area (Å²) in [5.41, 5.74) is 2.33. The zero-order chi connectivity index (χ0) is 31.5. The van der Waals surface area contributed by atoms with E-state index < -0.39 is 17.6 Å². The predicted molar refractivity (Wildman–Crippen MR) is 174 cm³/mol. The SMILES string of the molecule is CN1CCN(CCCN(Cc2ccc(C(=O)Nc3cscc3NC(=O)OC(C)(C)C)nc2)C(=O)NCc2ccccc2)CC1. The summed E-state index contributed by atoms with van der Waals surface area (Å²) in [5, 5.41) is 12.0. The first-order valence-electron chi connectivity index (χ1n) is 14.9. The Morgan fingerprint density at radius 2 is 1.66 bits per heavy atom. The Morgan fingerprint density at radius 1 is 0.955 bits per heavy atom. The zero-order valence-electron chi connectivity index (χ0n) is 26.0. The summed E-state index contributed by atoms with van der Waals surface area (Å²) in [4.78, 5) is 49.3. The number of likely N-dealkylation sites (N-methyl/N-ethyl adjacent to an activating group) is 1. The number of anilines is 2. The van der Waals surface area contributed by atoms with Crippen LogP contribution in [0.4, 0.5) is 21.0 Å². The quantitative estimate of drug-likeness (QED) is 0.273. The fourth-order valence-electron chi connectivity index (χ4n) is 4.66. The van der Waals surface area contributed by atoms with Gasteiger partial charge in [-0.1, -0.05) is 36.4 Å². The van der Waals surface area contributed by atoms with Gasteiger partial charge >= 0.3 is 12.1 Å². The van der Waals surface area contributed by atoms with E-state index in [1.807, 2.05) is 36.4 Å². The topological polar surface area (TPSA) is 119 Å². The summed E-state index contributed by atoms with van der Waals surface area (Å²) in [6.07, 6.45) is 1.88. The van der Waals surface area contributed by atoms with Crippen molar-refractivity contribution >= 4 is 40.7 Å². The Kier molecular flexibility index (Phi) is 11.7. The minimum Gasteiger partial charge on any atom is -0.444 e. The number of aromatic nitrogens is 1. The summed E-state index contributed by atoms with van der Waals surface area (Å²) in [6.45, 7) is 11.9. The van der Waals surface area contributed by atoms with Gasteiger partial charge in [0.2, 0.25) is 0 Å². The number of rotatable bonds is 11. The number of carbonyl (C=O) groups is 3. The molecular weight excluding hydrogens is 578 g/mol. The van der Waals surface area contributed by atoms with E-state index >= 15 is 0 Å². The lowest BCUT2D eigenvalue weighted by Gasteiger charge is -2.33. The lowest BCUT2D eigenvalue weighted by molar-refractivity contribution is 0.0635. The number of hydrogen-bond donors (Lipinski definition) is 3. The van der Waals surface area contributed by atoms with Crippen LogP contribution in [0.3, 0.4) is 0 Å². The summed E-state index contributed by atoms with van der Waals surface area (Å²) >= 11 is 1.34. The second-order valence-corrected chi connectivity index (χ2v) is 12.6. The van der Waals surface area contributed by atoms with Crippen LogP contribution in [0.5, 0.6) is 0 Å². The Morgan fingerprint density at radius 3 is 2.32 bits per heavy atom. The molecule has 3 aromatic rings. The third-order valence-corrected chi connectivity index (χ3v) is 7.79. The monoisotopic (exact) mass is 621 g/mol. The van der Waals surface area contributed by atoms with Crippen LogP contribution in [0.15, 0.2) is 59.4 Å². The Bertz CT molecular complexity index is 1370. The molecule has 12 heteroatoms. The first-order valence-corrected chi connectivity index (χ1v) is 15.8. The molecule has 0 saturated carbocycles. The first kappa shape index (κ1) is 32.9. The number of ether oxygens (including phenoxy) is 1. The van der Waals surface area contributed by atoms with Crippen LogP contribution in [-0.4, -0.2) is 89.6 Å². The van der Waals surface area contributed by atoms with Gasteiger partial charge in [0.1, 0.15) is 11.3 Å². The zero-order valence-corrected chi connectivity index (χ0v) is 26.8. The van der Waals surface area contributed by atoms with Gasteiger partial charge in [0.15, 0.2) is 0 Å². The highest BCUT2D eigenvalue weighted by molar-refractivity contribution is 7.09. The van der Waals surface area contributed by atoms with Gasteiger partial charge in [0.25, 0.3) is 5.91 Å². The Hall–Kier alpha value is -4.00. The molecule has 2 aromatic heterocycles. The number of amides is 4. The van der Waals surface area contributed by atoms with Crippen molar-refractivity contribution in [3.63, 3.8) is 0 Å². The van der Waals surface area contributed by atoms with Gasteiger partial charge in [-0.05, 0) is 58.0 Å². The number of piperazine rings is 1. The van der Waals surface area contributed by atoms with Gasteiger partial charge < -0.3 is 30.1 Å². The summed E-state index contributed by atoms with van der Waals surface area (Å²) in [5.74, 6) is -0.410. The van der Waals surface area contributed by atoms with Crippen LogP contribution >= 0.6 is 11.3 Å². The molecule has 11 nitrogen and oxygen atoms in total.